The maximum Gasteiger partial charge on any atom is 0.260 e. The number of ether oxygens (including phenoxy) is 2. The molecule has 2 fully saturated rings. The Morgan fingerprint density at radius 2 is 2.04 bits per heavy atom. The summed E-state index contributed by atoms with van der Waals surface area (Å²) < 4.78 is 10.9. The van der Waals surface area contributed by atoms with Crippen LogP contribution < -0.4 is 9.47 Å². The molecule has 5 heteroatoms. The molecule has 3 rings (SSSR count). The molecule has 2 aliphatic rings. The molecule has 0 bridgehead atoms. The lowest BCUT2D eigenvalue weighted by molar-refractivity contribution is -0.136. The minimum Gasteiger partial charge on any atom is -0.493 e. The third kappa shape index (κ3) is 3.64. The van der Waals surface area contributed by atoms with E-state index < -0.39 is 0 Å². The number of methoxy groups -OCH3 is 1. The summed E-state index contributed by atoms with van der Waals surface area (Å²) in [5.74, 6) is 2.49. The molecule has 1 amide bonds. The predicted molar refractivity (Wildman–Crippen MR) is 89.8 cm³/mol. The molecular formula is C19H24N2O3. The fourth-order valence-electron chi connectivity index (χ4n) is 3.91. The van der Waals surface area contributed by atoms with Crippen LogP contribution in [0.25, 0.3) is 0 Å². The van der Waals surface area contributed by atoms with Crippen molar-refractivity contribution < 1.29 is 14.3 Å². The van der Waals surface area contributed by atoms with Crippen LogP contribution in [0.15, 0.2) is 18.2 Å². The second kappa shape index (κ2) is 7.57. The molecule has 0 aromatic heterocycles. The number of nitrogens with zero attached hydrogens (tertiary/aromatic N) is 2. The number of benzene rings is 1. The van der Waals surface area contributed by atoms with Gasteiger partial charge in [0.15, 0.2) is 18.1 Å². The normalized spacial score (nSPS) is 23.1. The molecule has 1 heterocycles. The van der Waals surface area contributed by atoms with Crippen LogP contribution in [-0.2, 0) is 4.79 Å². The summed E-state index contributed by atoms with van der Waals surface area (Å²) in [6.45, 7) is 1.73. The van der Waals surface area contributed by atoms with E-state index in [0.29, 0.717) is 23.0 Å². The van der Waals surface area contributed by atoms with Crippen molar-refractivity contribution in [3.8, 4) is 17.6 Å². The first kappa shape index (κ1) is 16.6. The Kier molecular flexibility index (Phi) is 5.24. The molecule has 0 N–H and O–H groups in total. The Balaban J connectivity index is 1.57. The van der Waals surface area contributed by atoms with Crippen molar-refractivity contribution in [1.82, 2.24) is 4.90 Å². The van der Waals surface area contributed by atoms with E-state index in [1.165, 1.54) is 32.8 Å². The molecule has 1 aliphatic heterocycles. The topological polar surface area (TPSA) is 62.6 Å². The fraction of sp³-hybridized carbons (Fsp3) is 0.579. The maximum absolute atomic E-state index is 12.5. The molecule has 0 spiro atoms. The number of likely N-dealkylation sites (tertiary alicyclic amines) is 1. The zero-order chi connectivity index (χ0) is 16.9. The number of piperidine rings is 1. The van der Waals surface area contributed by atoms with Gasteiger partial charge in [-0.05, 0) is 36.8 Å². The van der Waals surface area contributed by atoms with Gasteiger partial charge < -0.3 is 14.4 Å². The Labute approximate surface area is 143 Å². The fourth-order valence-corrected chi connectivity index (χ4v) is 3.91. The zero-order valence-corrected chi connectivity index (χ0v) is 14.2. The molecule has 1 aliphatic carbocycles. The Morgan fingerprint density at radius 1 is 1.25 bits per heavy atom. The van der Waals surface area contributed by atoms with Gasteiger partial charge in [-0.15, -0.1) is 0 Å². The van der Waals surface area contributed by atoms with Crippen LogP contribution in [0.1, 0.15) is 37.7 Å². The highest BCUT2D eigenvalue weighted by molar-refractivity contribution is 5.78. The predicted octanol–water partition coefficient (Wildman–Crippen LogP) is 2.98. The Bertz CT molecular complexity index is 638. The van der Waals surface area contributed by atoms with E-state index >= 15 is 0 Å². The van der Waals surface area contributed by atoms with Gasteiger partial charge >= 0.3 is 0 Å². The number of hydrogen-bond donors (Lipinski definition) is 0. The zero-order valence-electron chi connectivity index (χ0n) is 14.2. The Morgan fingerprint density at radius 3 is 2.79 bits per heavy atom. The van der Waals surface area contributed by atoms with E-state index in [1.54, 1.807) is 18.2 Å². The quantitative estimate of drug-likeness (QED) is 0.852. The molecule has 0 radical (unpaired) electrons. The lowest BCUT2D eigenvalue weighted by Gasteiger charge is -2.41. The van der Waals surface area contributed by atoms with Gasteiger partial charge in [-0.3, -0.25) is 4.79 Å². The smallest absolute Gasteiger partial charge is 0.260 e. The first-order valence-electron chi connectivity index (χ1n) is 8.70. The minimum absolute atomic E-state index is 0.0135. The molecular weight excluding hydrogens is 304 g/mol. The number of carbonyl (C=O) groups is 1. The van der Waals surface area contributed by atoms with Crippen LogP contribution in [0.3, 0.4) is 0 Å². The van der Waals surface area contributed by atoms with Crippen LogP contribution in [-0.4, -0.2) is 37.6 Å². The lowest BCUT2D eigenvalue weighted by atomic mass is 9.75. The first-order valence-corrected chi connectivity index (χ1v) is 8.70. The average Bonchev–Trinajstić information content (AvgIpc) is 2.65. The lowest BCUT2D eigenvalue weighted by Crippen LogP contribution is -2.46. The van der Waals surface area contributed by atoms with Gasteiger partial charge in [0.25, 0.3) is 5.91 Å². The molecule has 5 nitrogen and oxygen atoms in total. The van der Waals surface area contributed by atoms with E-state index in [-0.39, 0.29) is 12.5 Å². The molecule has 1 saturated carbocycles. The van der Waals surface area contributed by atoms with Gasteiger partial charge in [-0.1, -0.05) is 19.3 Å². The number of nitriles is 1. The molecule has 0 unspecified atom stereocenters. The second-order valence-corrected chi connectivity index (χ2v) is 6.70. The van der Waals surface area contributed by atoms with Crippen molar-refractivity contribution in [3.05, 3.63) is 23.8 Å². The average molecular weight is 328 g/mol. The van der Waals surface area contributed by atoms with Crippen molar-refractivity contribution in [3.63, 3.8) is 0 Å². The van der Waals surface area contributed by atoms with E-state index in [4.69, 9.17) is 14.7 Å². The van der Waals surface area contributed by atoms with Crippen LogP contribution in [0.5, 0.6) is 11.5 Å². The highest BCUT2D eigenvalue weighted by atomic mass is 16.5. The molecule has 1 aromatic carbocycles. The Hall–Kier alpha value is -2.22. The van der Waals surface area contributed by atoms with Gasteiger partial charge in [0, 0.05) is 19.2 Å². The number of amides is 1. The third-order valence-electron chi connectivity index (χ3n) is 5.29. The largest absolute Gasteiger partial charge is 0.493 e. The first-order chi connectivity index (χ1) is 11.7. The van der Waals surface area contributed by atoms with Crippen molar-refractivity contribution in [1.29, 1.82) is 5.26 Å². The summed E-state index contributed by atoms with van der Waals surface area (Å²) in [5.41, 5.74) is 0.505. The summed E-state index contributed by atoms with van der Waals surface area (Å²) in [6.07, 6.45) is 6.33. The highest BCUT2D eigenvalue weighted by Gasteiger charge is 2.32. The van der Waals surface area contributed by atoms with Crippen molar-refractivity contribution in [2.45, 2.75) is 32.1 Å². The molecule has 24 heavy (non-hydrogen) atoms. The van der Waals surface area contributed by atoms with Crippen LogP contribution in [0.2, 0.25) is 0 Å². The summed E-state index contributed by atoms with van der Waals surface area (Å²) in [4.78, 5) is 14.4. The molecule has 1 saturated heterocycles. The second-order valence-electron chi connectivity index (χ2n) is 6.70. The van der Waals surface area contributed by atoms with E-state index in [1.807, 2.05) is 4.90 Å². The van der Waals surface area contributed by atoms with Crippen molar-refractivity contribution in [2.24, 2.45) is 11.8 Å². The summed E-state index contributed by atoms with van der Waals surface area (Å²) in [7, 11) is 1.53. The summed E-state index contributed by atoms with van der Waals surface area (Å²) >= 11 is 0. The van der Waals surface area contributed by atoms with E-state index in [2.05, 4.69) is 6.07 Å². The molecule has 128 valence electrons. The van der Waals surface area contributed by atoms with E-state index in [9.17, 15) is 4.79 Å². The van der Waals surface area contributed by atoms with Crippen LogP contribution in [0.4, 0.5) is 0 Å². The summed E-state index contributed by atoms with van der Waals surface area (Å²) in [5, 5.41) is 8.92. The number of fused-ring (bicyclic) bond motifs is 1. The van der Waals surface area contributed by atoms with Gasteiger partial charge in [0.05, 0.1) is 18.7 Å². The third-order valence-corrected chi connectivity index (χ3v) is 5.29. The van der Waals surface area contributed by atoms with Gasteiger partial charge in [0.1, 0.15) is 0 Å². The monoisotopic (exact) mass is 328 g/mol. The van der Waals surface area contributed by atoms with Crippen LogP contribution in [0, 0.1) is 23.2 Å². The molecule has 2 atom stereocenters. The van der Waals surface area contributed by atoms with Crippen LogP contribution >= 0.6 is 0 Å². The van der Waals surface area contributed by atoms with Crippen molar-refractivity contribution >= 4 is 5.91 Å². The van der Waals surface area contributed by atoms with Gasteiger partial charge in [0.2, 0.25) is 0 Å². The van der Waals surface area contributed by atoms with E-state index in [0.717, 1.165) is 25.4 Å². The minimum atomic E-state index is 0.0135. The maximum atomic E-state index is 12.5. The van der Waals surface area contributed by atoms with Gasteiger partial charge in [-0.25, -0.2) is 0 Å². The SMILES string of the molecule is COc1cc(C#N)ccc1OCC(=O)N1CC[C@@H]2CCCC[C@@H]2C1. The van der Waals surface area contributed by atoms with Crippen molar-refractivity contribution in [2.75, 3.05) is 26.8 Å². The number of hydrogen-bond acceptors (Lipinski definition) is 4. The highest BCUT2D eigenvalue weighted by Crippen LogP contribution is 2.36. The molecule has 1 aromatic rings. The summed E-state index contributed by atoms with van der Waals surface area (Å²) in [6, 6.07) is 7.02. The number of carbonyl (C=O) groups excluding carboxylic acids is 1. The van der Waals surface area contributed by atoms with Gasteiger partial charge in [-0.2, -0.15) is 5.26 Å². The number of rotatable bonds is 4. The standard InChI is InChI=1S/C19H24N2O3/c1-23-18-10-14(11-20)6-7-17(18)24-13-19(22)21-9-8-15-4-2-3-5-16(15)12-21/h6-7,10,15-16H,2-5,8-9,12-13H2,1H3/t15-,16+/m0/s1.